The molecule has 0 radical (unpaired) electrons. The molecule has 3 rings (SSSR count). The first-order valence-corrected chi connectivity index (χ1v) is 11.0. The maximum absolute atomic E-state index is 12.8. The van der Waals surface area contributed by atoms with Crippen LogP contribution < -0.4 is 10.6 Å². The zero-order valence-electron chi connectivity index (χ0n) is 16.4. The summed E-state index contributed by atoms with van der Waals surface area (Å²) in [6.07, 6.45) is 6.99. The van der Waals surface area contributed by atoms with E-state index in [9.17, 15) is 9.59 Å². The Morgan fingerprint density at radius 1 is 0.964 bits per heavy atom. The lowest BCUT2D eigenvalue weighted by Gasteiger charge is -2.17. The second-order valence-corrected chi connectivity index (χ2v) is 8.38. The molecule has 0 aromatic heterocycles. The molecule has 0 unspecified atom stereocenters. The monoisotopic (exact) mass is 396 g/mol. The van der Waals surface area contributed by atoms with Crippen molar-refractivity contribution in [3.8, 4) is 0 Å². The molecular formula is C23H28N2O2S. The molecule has 148 valence electrons. The zero-order chi connectivity index (χ0) is 19.8. The standard InChI is InChI=1S/C23H28N2O2S/c1-17-12-14-19(15-13-17)24-22(26)16-28-21-11-7-6-10-20(21)23(27)25-18-8-4-2-3-5-9-18/h6-7,10-15,18H,2-5,8-9,16H2,1H3,(H,24,26)(H,25,27). The fourth-order valence-electron chi connectivity index (χ4n) is 3.44. The van der Waals surface area contributed by atoms with Crippen LogP contribution in [0.2, 0.25) is 0 Å². The summed E-state index contributed by atoms with van der Waals surface area (Å²) in [5, 5.41) is 6.10. The minimum atomic E-state index is -0.0761. The molecule has 1 fully saturated rings. The Hall–Kier alpha value is -2.27. The molecular weight excluding hydrogens is 368 g/mol. The van der Waals surface area contributed by atoms with Gasteiger partial charge in [0.05, 0.1) is 11.3 Å². The van der Waals surface area contributed by atoms with Crippen LogP contribution in [0.4, 0.5) is 5.69 Å². The van der Waals surface area contributed by atoms with Crippen molar-refractivity contribution in [3.63, 3.8) is 0 Å². The van der Waals surface area contributed by atoms with Gasteiger partial charge in [-0.05, 0) is 44.0 Å². The van der Waals surface area contributed by atoms with E-state index in [2.05, 4.69) is 10.6 Å². The van der Waals surface area contributed by atoms with Gasteiger partial charge in [-0.3, -0.25) is 9.59 Å². The molecule has 0 bridgehead atoms. The lowest BCUT2D eigenvalue weighted by Crippen LogP contribution is -2.34. The number of carbonyl (C=O) groups is 2. The van der Waals surface area contributed by atoms with E-state index < -0.39 is 0 Å². The second kappa shape index (κ2) is 10.3. The number of rotatable bonds is 6. The summed E-state index contributed by atoms with van der Waals surface area (Å²) < 4.78 is 0. The highest BCUT2D eigenvalue weighted by Gasteiger charge is 2.18. The number of aryl methyl sites for hydroxylation is 1. The molecule has 0 saturated heterocycles. The summed E-state index contributed by atoms with van der Waals surface area (Å²) in [4.78, 5) is 25.9. The number of hydrogen-bond donors (Lipinski definition) is 2. The molecule has 2 N–H and O–H groups in total. The topological polar surface area (TPSA) is 58.2 Å². The summed E-state index contributed by atoms with van der Waals surface area (Å²) in [6, 6.07) is 15.5. The first kappa shape index (κ1) is 20.5. The van der Waals surface area contributed by atoms with Crippen molar-refractivity contribution < 1.29 is 9.59 Å². The first-order chi connectivity index (χ1) is 13.6. The fourth-order valence-corrected chi connectivity index (χ4v) is 4.29. The van der Waals surface area contributed by atoms with Crippen molar-refractivity contribution in [3.05, 3.63) is 59.7 Å². The molecule has 4 nitrogen and oxygen atoms in total. The van der Waals surface area contributed by atoms with E-state index in [1.54, 1.807) is 0 Å². The van der Waals surface area contributed by atoms with Gasteiger partial charge in [0.1, 0.15) is 0 Å². The highest BCUT2D eigenvalue weighted by Crippen LogP contribution is 2.24. The average molecular weight is 397 g/mol. The van der Waals surface area contributed by atoms with E-state index in [-0.39, 0.29) is 23.6 Å². The summed E-state index contributed by atoms with van der Waals surface area (Å²) in [6.45, 7) is 2.01. The Labute approximate surface area is 171 Å². The van der Waals surface area contributed by atoms with Gasteiger partial charge >= 0.3 is 0 Å². The molecule has 0 aliphatic heterocycles. The van der Waals surface area contributed by atoms with Crippen LogP contribution in [0.3, 0.4) is 0 Å². The third-order valence-corrected chi connectivity index (χ3v) is 6.09. The fraction of sp³-hybridized carbons (Fsp3) is 0.391. The summed E-state index contributed by atoms with van der Waals surface area (Å²) in [7, 11) is 0. The van der Waals surface area contributed by atoms with E-state index in [4.69, 9.17) is 0 Å². The minimum Gasteiger partial charge on any atom is -0.349 e. The van der Waals surface area contributed by atoms with E-state index in [1.807, 2.05) is 55.5 Å². The number of benzene rings is 2. The Bertz CT molecular complexity index is 797. The van der Waals surface area contributed by atoms with Crippen LogP contribution in [0.25, 0.3) is 0 Å². The largest absolute Gasteiger partial charge is 0.349 e. The summed E-state index contributed by atoms with van der Waals surface area (Å²) >= 11 is 1.40. The number of anilines is 1. The van der Waals surface area contributed by atoms with E-state index >= 15 is 0 Å². The Morgan fingerprint density at radius 3 is 2.36 bits per heavy atom. The molecule has 2 amide bonds. The van der Waals surface area contributed by atoms with Crippen LogP contribution in [0.15, 0.2) is 53.4 Å². The van der Waals surface area contributed by atoms with E-state index in [1.165, 1.54) is 37.4 Å². The summed E-state index contributed by atoms with van der Waals surface area (Å²) in [5.74, 6) is 0.156. The van der Waals surface area contributed by atoms with Gasteiger partial charge in [0.2, 0.25) is 5.91 Å². The van der Waals surface area contributed by atoms with Gasteiger partial charge in [-0.1, -0.05) is 55.5 Å². The predicted octanol–water partition coefficient (Wildman–Crippen LogP) is 5.18. The quantitative estimate of drug-likeness (QED) is 0.522. The molecule has 0 heterocycles. The zero-order valence-corrected chi connectivity index (χ0v) is 17.2. The van der Waals surface area contributed by atoms with Crippen molar-refractivity contribution in [1.29, 1.82) is 0 Å². The van der Waals surface area contributed by atoms with Crippen LogP contribution in [-0.4, -0.2) is 23.6 Å². The Kier molecular flexibility index (Phi) is 7.54. The highest BCUT2D eigenvalue weighted by atomic mass is 32.2. The van der Waals surface area contributed by atoms with E-state index in [0.717, 1.165) is 29.0 Å². The van der Waals surface area contributed by atoms with Crippen LogP contribution in [0.5, 0.6) is 0 Å². The van der Waals surface area contributed by atoms with Crippen molar-refractivity contribution in [2.24, 2.45) is 0 Å². The van der Waals surface area contributed by atoms with Crippen LogP contribution in [0, 0.1) is 6.92 Å². The number of amides is 2. The van der Waals surface area contributed by atoms with Crippen molar-refractivity contribution in [2.45, 2.75) is 56.4 Å². The lowest BCUT2D eigenvalue weighted by atomic mass is 10.1. The van der Waals surface area contributed by atoms with Gasteiger partial charge in [0, 0.05) is 16.6 Å². The number of nitrogens with one attached hydrogen (secondary N) is 2. The van der Waals surface area contributed by atoms with Crippen molar-refractivity contribution in [2.75, 3.05) is 11.1 Å². The van der Waals surface area contributed by atoms with Crippen molar-refractivity contribution >= 4 is 29.3 Å². The third-order valence-electron chi connectivity index (χ3n) is 5.02. The van der Waals surface area contributed by atoms with Gasteiger partial charge < -0.3 is 10.6 Å². The average Bonchev–Trinajstić information content (AvgIpc) is 2.97. The van der Waals surface area contributed by atoms with Crippen LogP contribution in [0.1, 0.15) is 54.4 Å². The molecule has 28 heavy (non-hydrogen) atoms. The predicted molar refractivity (Wildman–Crippen MR) is 116 cm³/mol. The normalized spacial score (nSPS) is 14.9. The van der Waals surface area contributed by atoms with Crippen LogP contribution in [-0.2, 0) is 4.79 Å². The molecule has 1 aliphatic carbocycles. The van der Waals surface area contributed by atoms with Gasteiger partial charge in [-0.15, -0.1) is 11.8 Å². The van der Waals surface area contributed by atoms with Gasteiger partial charge in [0.15, 0.2) is 0 Å². The highest BCUT2D eigenvalue weighted by molar-refractivity contribution is 8.00. The summed E-state index contributed by atoms with van der Waals surface area (Å²) in [5.41, 5.74) is 2.59. The second-order valence-electron chi connectivity index (χ2n) is 7.36. The van der Waals surface area contributed by atoms with Crippen molar-refractivity contribution in [1.82, 2.24) is 5.32 Å². The smallest absolute Gasteiger partial charge is 0.252 e. The number of carbonyl (C=O) groups excluding carboxylic acids is 2. The molecule has 2 aromatic carbocycles. The van der Waals surface area contributed by atoms with E-state index in [0.29, 0.717) is 5.56 Å². The lowest BCUT2D eigenvalue weighted by molar-refractivity contribution is -0.113. The Morgan fingerprint density at radius 2 is 1.64 bits per heavy atom. The maximum atomic E-state index is 12.8. The number of thioether (sulfide) groups is 1. The third kappa shape index (κ3) is 6.13. The molecule has 1 aliphatic rings. The Balaban J connectivity index is 1.57. The van der Waals surface area contributed by atoms with Crippen LogP contribution >= 0.6 is 11.8 Å². The first-order valence-electron chi connectivity index (χ1n) is 10.0. The number of hydrogen-bond acceptors (Lipinski definition) is 3. The van der Waals surface area contributed by atoms with Gasteiger partial charge in [-0.2, -0.15) is 0 Å². The molecule has 5 heteroatoms. The SMILES string of the molecule is Cc1ccc(NC(=O)CSc2ccccc2C(=O)NC2CCCCCC2)cc1. The molecule has 1 saturated carbocycles. The van der Waals surface area contributed by atoms with Gasteiger partial charge in [-0.25, -0.2) is 0 Å². The minimum absolute atomic E-state index is 0.0334. The molecule has 2 aromatic rings. The van der Waals surface area contributed by atoms with Gasteiger partial charge in [0.25, 0.3) is 5.91 Å². The maximum Gasteiger partial charge on any atom is 0.252 e. The molecule has 0 atom stereocenters. The molecule has 0 spiro atoms.